The van der Waals surface area contributed by atoms with Gasteiger partial charge in [-0.2, -0.15) is 0 Å². The Labute approximate surface area is 129 Å². The Balaban J connectivity index is 2.04. The van der Waals surface area contributed by atoms with E-state index in [2.05, 4.69) is 5.32 Å². The zero-order chi connectivity index (χ0) is 15.4. The number of aryl methyl sites for hydroxylation is 1. The van der Waals surface area contributed by atoms with Gasteiger partial charge in [-0.05, 0) is 38.3 Å². The van der Waals surface area contributed by atoms with Crippen molar-refractivity contribution in [3.05, 3.63) is 23.8 Å². The van der Waals surface area contributed by atoms with E-state index >= 15 is 0 Å². The topological polar surface area (TPSA) is 72.2 Å². The number of amides is 1. The summed E-state index contributed by atoms with van der Waals surface area (Å²) in [6.07, 6.45) is 5.61. The zero-order valence-electron chi connectivity index (χ0n) is 12.7. The van der Waals surface area contributed by atoms with Gasteiger partial charge >= 0.3 is 0 Å². The van der Waals surface area contributed by atoms with Gasteiger partial charge in [-0.25, -0.2) is 0 Å². The van der Waals surface area contributed by atoms with Crippen molar-refractivity contribution in [2.24, 2.45) is 0 Å². The van der Waals surface area contributed by atoms with E-state index in [1.165, 1.54) is 6.42 Å². The molecule has 0 heterocycles. The van der Waals surface area contributed by atoms with Gasteiger partial charge in [0.1, 0.15) is 5.25 Å². The minimum Gasteiger partial charge on any atom is -0.398 e. The molecule has 0 aromatic heterocycles. The summed E-state index contributed by atoms with van der Waals surface area (Å²) in [5, 5.41) is 2.44. The maximum atomic E-state index is 12.6. The molecule has 1 fully saturated rings. The SMILES string of the molecule is Cc1cccc(S(=O)C(C)C(=O)NC2CCCCC2)c1N. The second kappa shape index (κ2) is 7.07. The first-order valence-corrected chi connectivity index (χ1v) is 8.78. The molecule has 0 radical (unpaired) electrons. The average Bonchev–Trinajstić information content (AvgIpc) is 2.49. The van der Waals surface area contributed by atoms with E-state index in [4.69, 9.17) is 5.73 Å². The molecule has 1 aliphatic carbocycles. The molecular formula is C16H24N2O2S. The molecule has 0 bridgehead atoms. The van der Waals surface area contributed by atoms with Crippen LogP contribution in [0, 0.1) is 6.92 Å². The minimum atomic E-state index is -1.42. The Morgan fingerprint density at radius 3 is 2.67 bits per heavy atom. The van der Waals surface area contributed by atoms with Crippen LogP contribution in [0.2, 0.25) is 0 Å². The molecule has 2 atom stereocenters. The monoisotopic (exact) mass is 308 g/mol. The molecule has 1 saturated carbocycles. The second-order valence-corrected chi connectivity index (χ2v) is 7.51. The lowest BCUT2D eigenvalue weighted by molar-refractivity contribution is -0.121. The molecule has 1 aliphatic rings. The van der Waals surface area contributed by atoms with Crippen LogP contribution in [-0.2, 0) is 15.6 Å². The fraction of sp³-hybridized carbons (Fsp3) is 0.562. The van der Waals surface area contributed by atoms with Crippen LogP contribution < -0.4 is 11.1 Å². The molecule has 1 aromatic carbocycles. The van der Waals surface area contributed by atoms with Crippen LogP contribution in [0.25, 0.3) is 0 Å². The van der Waals surface area contributed by atoms with Crippen molar-refractivity contribution in [2.45, 2.75) is 62.1 Å². The van der Waals surface area contributed by atoms with E-state index < -0.39 is 16.0 Å². The van der Waals surface area contributed by atoms with Crippen LogP contribution in [0.1, 0.15) is 44.6 Å². The number of nitrogens with one attached hydrogen (secondary N) is 1. The summed E-state index contributed by atoms with van der Waals surface area (Å²) in [5.74, 6) is -0.138. The summed E-state index contributed by atoms with van der Waals surface area (Å²) in [4.78, 5) is 12.8. The van der Waals surface area contributed by atoms with Gasteiger partial charge in [0, 0.05) is 6.04 Å². The van der Waals surface area contributed by atoms with Crippen molar-refractivity contribution < 1.29 is 9.00 Å². The van der Waals surface area contributed by atoms with Gasteiger partial charge in [-0.15, -0.1) is 0 Å². The lowest BCUT2D eigenvalue weighted by atomic mass is 9.95. The Bertz CT molecular complexity index is 539. The van der Waals surface area contributed by atoms with Crippen LogP contribution in [-0.4, -0.2) is 21.4 Å². The number of benzene rings is 1. The molecule has 3 N–H and O–H groups in total. The second-order valence-electron chi connectivity index (χ2n) is 5.77. The Morgan fingerprint density at radius 1 is 1.33 bits per heavy atom. The van der Waals surface area contributed by atoms with E-state index in [0.717, 1.165) is 31.2 Å². The van der Waals surface area contributed by atoms with Crippen molar-refractivity contribution in [1.29, 1.82) is 0 Å². The summed E-state index contributed by atoms with van der Waals surface area (Å²) in [6.45, 7) is 3.58. The summed E-state index contributed by atoms with van der Waals surface area (Å²) in [5.41, 5.74) is 7.39. The fourth-order valence-corrected chi connectivity index (χ4v) is 3.92. The van der Waals surface area contributed by atoms with Gasteiger partial charge in [-0.1, -0.05) is 31.4 Å². The van der Waals surface area contributed by atoms with Crippen molar-refractivity contribution in [2.75, 3.05) is 5.73 Å². The number of carbonyl (C=O) groups is 1. The quantitative estimate of drug-likeness (QED) is 0.840. The minimum absolute atomic E-state index is 0.138. The average molecular weight is 308 g/mol. The largest absolute Gasteiger partial charge is 0.398 e. The normalized spacial score (nSPS) is 19.0. The van der Waals surface area contributed by atoms with Crippen LogP contribution in [0.3, 0.4) is 0 Å². The highest BCUT2D eigenvalue weighted by molar-refractivity contribution is 7.86. The highest BCUT2D eigenvalue weighted by Gasteiger charge is 2.25. The van der Waals surface area contributed by atoms with Gasteiger partial charge < -0.3 is 11.1 Å². The number of nitrogens with two attached hydrogens (primary N) is 1. The summed E-state index contributed by atoms with van der Waals surface area (Å²) >= 11 is 0. The van der Waals surface area contributed by atoms with Crippen molar-refractivity contribution in [3.63, 3.8) is 0 Å². The van der Waals surface area contributed by atoms with E-state index in [9.17, 15) is 9.00 Å². The predicted molar refractivity (Wildman–Crippen MR) is 86.5 cm³/mol. The van der Waals surface area contributed by atoms with Crippen molar-refractivity contribution in [1.82, 2.24) is 5.32 Å². The number of hydrogen-bond acceptors (Lipinski definition) is 3. The number of nitrogen functional groups attached to an aromatic ring is 1. The van der Waals surface area contributed by atoms with Gasteiger partial charge in [0.25, 0.3) is 0 Å². The smallest absolute Gasteiger partial charge is 0.236 e. The predicted octanol–water partition coefficient (Wildman–Crippen LogP) is 2.52. The summed E-state index contributed by atoms with van der Waals surface area (Å²) in [7, 11) is -1.42. The number of rotatable bonds is 4. The Hall–Kier alpha value is -1.36. The van der Waals surface area contributed by atoms with Crippen LogP contribution in [0.4, 0.5) is 5.69 Å². The molecular weight excluding hydrogens is 284 g/mol. The Kier molecular flexibility index (Phi) is 5.39. The van der Waals surface area contributed by atoms with Gasteiger partial charge in [0.05, 0.1) is 21.4 Å². The zero-order valence-corrected chi connectivity index (χ0v) is 13.5. The van der Waals surface area contributed by atoms with Gasteiger partial charge in [0.15, 0.2) is 0 Å². The van der Waals surface area contributed by atoms with E-state index in [-0.39, 0.29) is 11.9 Å². The van der Waals surface area contributed by atoms with Crippen molar-refractivity contribution >= 4 is 22.4 Å². The fourth-order valence-electron chi connectivity index (χ4n) is 2.68. The van der Waals surface area contributed by atoms with E-state index in [1.807, 2.05) is 19.1 Å². The molecule has 5 heteroatoms. The maximum absolute atomic E-state index is 12.6. The molecule has 2 unspecified atom stereocenters. The lowest BCUT2D eigenvalue weighted by Crippen LogP contribution is -2.42. The molecule has 2 rings (SSSR count). The number of hydrogen-bond donors (Lipinski definition) is 2. The third-order valence-electron chi connectivity index (χ3n) is 4.14. The first-order valence-electron chi connectivity index (χ1n) is 7.56. The highest BCUT2D eigenvalue weighted by atomic mass is 32.2. The molecule has 116 valence electrons. The van der Waals surface area contributed by atoms with E-state index in [1.54, 1.807) is 13.0 Å². The van der Waals surface area contributed by atoms with E-state index in [0.29, 0.717) is 10.6 Å². The molecule has 4 nitrogen and oxygen atoms in total. The first-order chi connectivity index (χ1) is 10.0. The molecule has 1 amide bonds. The highest BCUT2D eigenvalue weighted by Crippen LogP contribution is 2.23. The van der Waals surface area contributed by atoms with Crippen LogP contribution in [0.15, 0.2) is 23.1 Å². The third kappa shape index (κ3) is 3.84. The number of anilines is 1. The maximum Gasteiger partial charge on any atom is 0.236 e. The van der Waals surface area contributed by atoms with Crippen LogP contribution >= 0.6 is 0 Å². The summed E-state index contributed by atoms with van der Waals surface area (Å²) in [6, 6.07) is 5.68. The molecule has 21 heavy (non-hydrogen) atoms. The standard InChI is InChI=1S/C16H24N2O2S/c1-11-7-6-10-14(15(11)17)21(20)12(2)16(19)18-13-8-4-3-5-9-13/h6-7,10,12-13H,3-5,8-9,17H2,1-2H3,(H,18,19). The Morgan fingerprint density at radius 2 is 2.00 bits per heavy atom. The van der Waals surface area contributed by atoms with Gasteiger partial charge in [0.2, 0.25) is 5.91 Å². The van der Waals surface area contributed by atoms with Gasteiger partial charge in [-0.3, -0.25) is 9.00 Å². The molecule has 0 aliphatic heterocycles. The third-order valence-corrected chi connectivity index (χ3v) is 5.79. The van der Waals surface area contributed by atoms with Crippen LogP contribution in [0.5, 0.6) is 0 Å². The van der Waals surface area contributed by atoms with Crippen molar-refractivity contribution in [3.8, 4) is 0 Å². The first kappa shape index (κ1) is 16.0. The number of para-hydroxylation sites is 1. The summed E-state index contributed by atoms with van der Waals surface area (Å²) < 4.78 is 12.6. The number of carbonyl (C=O) groups excluding carboxylic acids is 1. The molecule has 1 aromatic rings. The molecule has 0 spiro atoms. The lowest BCUT2D eigenvalue weighted by Gasteiger charge is -2.24. The molecule has 0 saturated heterocycles.